The summed E-state index contributed by atoms with van der Waals surface area (Å²) in [5, 5.41) is 11.2. The lowest BCUT2D eigenvalue weighted by molar-refractivity contribution is 0.419. The number of phenols is 1. The molecule has 136 valence electrons. The average molecular weight is 392 g/mol. The minimum Gasteiger partial charge on any atom is -0.506 e. The SMILES string of the molecule is COc1ccc(S(=O)(=O)Nc2cc(Cl)c(O)c(C)c2C)c2ccccc12. The maximum atomic E-state index is 13.0. The van der Waals surface area contributed by atoms with Gasteiger partial charge in [0.25, 0.3) is 10.0 Å². The van der Waals surface area contributed by atoms with Crippen LogP contribution in [0.15, 0.2) is 47.4 Å². The molecule has 0 saturated carbocycles. The second-order valence-corrected chi connectivity index (χ2v) is 7.98. The molecule has 0 unspecified atom stereocenters. The van der Waals surface area contributed by atoms with Crippen LogP contribution in [0, 0.1) is 13.8 Å². The third-order valence-electron chi connectivity index (χ3n) is 4.42. The molecule has 0 fully saturated rings. The van der Waals surface area contributed by atoms with Crippen LogP contribution in [-0.2, 0) is 10.0 Å². The molecule has 3 aromatic rings. The Morgan fingerprint density at radius 2 is 1.69 bits per heavy atom. The van der Waals surface area contributed by atoms with Gasteiger partial charge in [-0.15, -0.1) is 0 Å². The number of methoxy groups -OCH3 is 1. The molecule has 5 nitrogen and oxygen atoms in total. The number of aromatic hydroxyl groups is 1. The molecule has 3 aromatic carbocycles. The van der Waals surface area contributed by atoms with E-state index in [0.717, 1.165) is 0 Å². The fourth-order valence-electron chi connectivity index (χ4n) is 2.82. The second kappa shape index (κ2) is 6.70. The van der Waals surface area contributed by atoms with E-state index in [4.69, 9.17) is 16.3 Å². The molecule has 0 atom stereocenters. The predicted octanol–water partition coefficient (Wildman–Crippen LogP) is 4.63. The van der Waals surface area contributed by atoms with Crippen LogP contribution >= 0.6 is 11.6 Å². The van der Waals surface area contributed by atoms with Crippen LogP contribution in [-0.4, -0.2) is 20.6 Å². The van der Waals surface area contributed by atoms with Crippen molar-refractivity contribution in [1.82, 2.24) is 0 Å². The Morgan fingerprint density at radius 1 is 1.04 bits per heavy atom. The van der Waals surface area contributed by atoms with Crippen LogP contribution in [0.25, 0.3) is 10.8 Å². The minimum atomic E-state index is -3.88. The van der Waals surface area contributed by atoms with Gasteiger partial charge in [0, 0.05) is 10.8 Å². The first kappa shape index (κ1) is 18.4. The van der Waals surface area contributed by atoms with Crippen molar-refractivity contribution in [3.63, 3.8) is 0 Å². The first-order valence-corrected chi connectivity index (χ1v) is 9.69. The van der Waals surface area contributed by atoms with Crippen molar-refractivity contribution in [2.24, 2.45) is 0 Å². The lowest BCUT2D eigenvalue weighted by atomic mass is 10.1. The van der Waals surface area contributed by atoms with Gasteiger partial charge < -0.3 is 9.84 Å². The summed E-state index contributed by atoms with van der Waals surface area (Å²) in [5.41, 5.74) is 1.45. The molecule has 3 rings (SSSR count). The van der Waals surface area contributed by atoms with E-state index in [0.29, 0.717) is 33.3 Å². The molecule has 0 spiro atoms. The summed E-state index contributed by atoms with van der Waals surface area (Å²) in [6, 6.07) is 11.7. The van der Waals surface area contributed by atoms with Gasteiger partial charge in [0.15, 0.2) is 0 Å². The van der Waals surface area contributed by atoms with Gasteiger partial charge in [-0.05, 0) is 43.2 Å². The Morgan fingerprint density at radius 3 is 2.35 bits per heavy atom. The van der Waals surface area contributed by atoms with Crippen molar-refractivity contribution in [2.75, 3.05) is 11.8 Å². The summed E-state index contributed by atoms with van der Waals surface area (Å²) >= 11 is 6.00. The smallest absolute Gasteiger partial charge is 0.262 e. The third kappa shape index (κ3) is 3.06. The standard InChI is InChI=1S/C19H18ClNO4S/c1-11-12(2)19(22)15(20)10-16(11)21-26(23,24)18-9-8-17(25-3)13-6-4-5-7-14(13)18/h4-10,21-22H,1-3H3. The zero-order chi connectivity index (χ0) is 19.1. The quantitative estimate of drug-likeness (QED) is 0.636. The highest BCUT2D eigenvalue weighted by molar-refractivity contribution is 7.93. The molecule has 0 amide bonds. The number of halogens is 1. The zero-order valence-electron chi connectivity index (χ0n) is 14.5. The van der Waals surface area contributed by atoms with E-state index in [1.165, 1.54) is 12.1 Å². The molecular formula is C19H18ClNO4S. The van der Waals surface area contributed by atoms with Crippen LogP contribution in [0.1, 0.15) is 11.1 Å². The van der Waals surface area contributed by atoms with Gasteiger partial charge in [0.05, 0.1) is 22.7 Å². The van der Waals surface area contributed by atoms with E-state index >= 15 is 0 Å². The first-order valence-electron chi connectivity index (χ1n) is 7.83. The minimum absolute atomic E-state index is 0.0537. The molecule has 7 heteroatoms. The fourth-order valence-corrected chi connectivity index (χ4v) is 4.40. The topological polar surface area (TPSA) is 75.6 Å². The summed E-state index contributed by atoms with van der Waals surface area (Å²) in [5.74, 6) is 0.543. The lowest BCUT2D eigenvalue weighted by Gasteiger charge is -2.16. The van der Waals surface area contributed by atoms with E-state index in [9.17, 15) is 13.5 Å². The highest BCUT2D eigenvalue weighted by Crippen LogP contribution is 2.36. The highest BCUT2D eigenvalue weighted by atomic mass is 35.5. The van der Waals surface area contributed by atoms with Crippen molar-refractivity contribution in [3.05, 3.63) is 58.6 Å². The molecule has 0 aliphatic heterocycles. The van der Waals surface area contributed by atoms with E-state index in [-0.39, 0.29) is 15.7 Å². The number of anilines is 1. The van der Waals surface area contributed by atoms with Crippen LogP contribution in [0.3, 0.4) is 0 Å². The third-order valence-corrected chi connectivity index (χ3v) is 6.13. The molecule has 26 heavy (non-hydrogen) atoms. The van der Waals surface area contributed by atoms with Crippen molar-refractivity contribution in [3.8, 4) is 11.5 Å². The number of phenolic OH excluding ortho intramolecular Hbond substituents is 1. The molecule has 0 aliphatic carbocycles. The summed E-state index contributed by atoms with van der Waals surface area (Å²) in [6.07, 6.45) is 0. The summed E-state index contributed by atoms with van der Waals surface area (Å²) in [7, 11) is -2.34. The van der Waals surface area contributed by atoms with Crippen molar-refractivity contribution < 1.29 is 18.3 Å². The Hall–Kier alpha value is -2.44. The molecule has 0 radical (unpaired) electrons. The Kier molecular flexibility index (Phi) is 4.73. The van der Waals surface area contributed by atoms with Gasteiger partial charge in [-0.1, -0.05) is 35.9 Å². The number of hydrogen-bond donors (Lipinski definition) is 2. The number of benzene rings is 3. The lowest BCUT2D eigenvalue weighted by Crippen LogP contribution is -2.14. The van der Waals surface area contributed by atoms with E-state index < -0.39 is 10.0 Å². The molecule has 0 saturated heterocycles. The van der Waals surface area contributed by atoms with Gasteiger partial charge >= 0.3 is 0 Å². The zero-order valence-corrected chi connectivity index (χ0v) is 16.1. The van der Waals surface area contributed by atoms with Gasteiger partial charge in [-0.2, -0.15) is 0 Å². The van der Waals surface area contributed by atoms with E-state index in [1.807, 2.05) is 6.07 Å². The largest absolute Gasteiger partial charge is 0.506 e. The highest BCUT2D eigenvalue weighted by Gasteiger charge is 2.21. The van der Waals surface area contributed by atoms with Crippen LogP contribution in [0.2, 0.25) is 5.02 Å². The number of nitrogens with one attached hydrogen (secondary N) is 1. The van der Waals surface area contributed by atoms with E-state index in [1.54, 1.807) is 45.2 Å². The number of sulfonamides is 1. The first-order chi connectivity index (χ1) is 12.3. The van der Waals surface area contributed by atoms with Gasteiger partial charge in [-0.3, -0.25) is 4.72 Å². The molecule has 0 heterocycles. The number of ether oxygens (including phenoxy) is 1. The molecule has 0 bridgehead atoms. The summed E-state index contributed by atoms with van der Waals surface area (Å²) in [4.78, 5) is 0.134. The predicted molar refractivity (Wildman–Crippen MR) is 104 cm³/mol. The second-order valence-electron chi connectivity index (χ2n) is 5.92. The Labute approximate surface area is 157 Å². The molecular weight excluding hydrogens is 374 g/mol. The van der Waals surface area contributed by atoms with Crippen LogP contribution < -0.4 is 9.46 Å². The molecule has 2 N–H and O–H groups in total. The molecule has 0 aliphatic rings. The maximum absolute atomic E-state index is 13.0. The number of fused-ring (bicyclic) bond motifs is 1. The van der Waals surface area contributed by atoms with Crippen molar-refractivity contribution >= 4 is 38.1 Å². The van der Waals surface area contributed by atoms with Crippen molar-refractivity contribution in [1.29, 1.82) is 0 Å². The average Bonchev–Trinajstić information content (AvgIpc) is 2.63. The number of hydrogen-bond acceptors (Lipinski definition) is 4. The van der Waals surface area contributed by atoms with Crippen LogP contribution in [0.4, 0.5) is 5.69 Å². The maximum Gasteiger partial charge on any atom is 0.262 e. The monoisotopic (exact) mass is 391 g/mol. The normalized spacial score (nSPS) is 11.5. The van der Waals surface area contributed by atoms with E-state index in [2.05, 4.69) is 4.72 Å². The summed E-state index contributed by atoms with van der Waals surface area (Å²) < 4.78 is 33.9. The van der Waals surface area contributed by atoms with Gasteiger partial charge in [0.2, 0.25) is 0 Å². The van der Waals surface area contributed by atoms with Gasteiger partial charge in [0.1, 0.15) is 11.5 Å². The number of rotatable bonds is 4. The summed E-state index contributed by atoms with van der Waals surface area (Å²) in [6.45, 7) is 3.40. The molecule has 0 aromatic heterocycles. The fraction of sp³-hybridized carbons (Fsp3) is 0.158. The van der Waals surface area contributed by atoms with Crippen molar-refractivity contribution in [2.45, 2.75) is 18.7 Å². The Balaban J connectivity index is 2.15. The van der Waals surface area contributed by atoms with Crippen LogP contribution in [0.5, 0.6) is 11.5 Å². The van der Waals surface area contributed by atoms with Gasteiger partial charge in [-0.25, -0.2) is 8.42 Å². The Bertz CT molecular complexity index is 1110.